The number of sulfonamides is 1. The number of aromatic nitrogens is 1. The summed E-state index contributed by atoms with van der Waals surface area (Å²) in [6, 6.07) is 10.2. The molecular formula is C17H19FN2O4S. The molecule has 1 aromatic carbocycles. The Morgan fingerprint density at radius 1 is 1.24 bits per heavy atom. The molecule has 2 atom stereocenters. The Hall–Kier alpha value is -2.03. The number of hydrogen-bond donors (Lipinski definition) is 1. The lowest BCUT2D eigenvalue weighted by Gasteiger charge is -2.31. The van der Waals surface area contributed by atoms with Gasteiger partial charge in [-0.1, -0.05) is 18.2 Å². The molecule has 2 aromatic rings. The molecule has 2 heterocycles. The lowest BCUT2D eigenvalue weighted by molar-refractivity contribution is 0.00148. The van der Waals surface area contributed by atoms with E-state index in [9.17, 15) is 12.8 Å². The largest absolute Gasteiger partial charge is 0.472 e. The molecule has 1 N–H and O–H groups in total. The number of rotatable bonds is 6. The van der Waals surface area contributed by atoms with Crippen molar-refractivity contribution in [3.63, 3.8) is 0 Å². The van der Waals surface area contributed by atoms with Gasteiger partial charge in [-0.2, -0.15) is 0 Å². The molecule has 8 heteroatoms. The van der Waals surface area contributed by atoms with E-state index < -0.39 is 21.9 Å². The van der Waals surface area contributed by atoms with Gasteiger partial charge >= 0.3 is 0 Å². The van der Waals surface area contributed by atoms with Crippen molar-refractivity contribution >= 4 is 10.0 Å². The SMILES string of the molecule is O=S(=O)(Cc1ccc(F)cc1)N[C@@H]1COCC[C@H]1Oc1ccccn1. The van der Waals surface area contributed by atoms with Gasteiger partial charge in [-0.25, -0.2) is 22.5 Å². The lowest BCUT2D eigenvalue weighted by atomic mass is 10.1. The Labute approximate surface area is 146 Å². The summed E-state index contributed by atoms with van der Waals surface area (Å²) in [6.45, 7) is 0.716. The minimum absolute atomic E-state index is 0.222. The van der Waals surface area contributed by atoms with Crippen LogP contribution >= 0.6 is 0 Å². The highest BCUT2D eigenvalue weighted by molar-refractivity contribution is 7.88. The highest BCUT2D eigenvalue weighted by Gasteiger charge is 2.31. The van der Waals surface area contributed by atoms with Crippen LogP contribution in [0.3, 0.4) is 0 Å². The Balaban J connectivity index is 1.66. The van der Waals surface area contributed by atoms with Gasteiger partial charge in [0.25, 0.3) is 0 Å². The highest BCUT2D eigenvalue weighted by Crippen LogP contribution is 2.17. The summed E-state index contributed by atoms with van der Waals surface area (Å²) in [4.78, 5) is 4.10. The molecule has 0 spiro atoms. The Morgan fingerprint density at radius 2 is 2.04 bits per heavy atom. The summed E-state index contributed by atoms with van der Waals surface area (Å²) in [6.07, 6.45) is 1.80. The number of halogens is 1. The van der Waals surface area contributed by atoms with Crippen molar-refractivity contribution in [2.24, 2.45) is 0 Å². The molecule has 1 fully saturated rings. The van der Waals surface area contributed by atoms with Crippen LogP contribution in [0.4, 0.5) is 4.39 Å². The standard InChI is InChI=1S/C17H19FN2O4S/c18-14-6-4-13(5-7-14)12-25(21,22)20-15-11-23-10-8-16(15)24-17-3-1-2-9-19-17/h1-7,9,15-16,20H,8,10-12H2/t15-,16-/m1/s1. The summed E-state index contributed by atoms with van der Waals surface area (Å²) in [5, 5.41) is 0. The molecule has 6 nitrogen and oxygen atoms in total. The predicted octanol–water partition coefficient (Wildman–Crippen LogP) is 1.88. The third-order valence-corrected chi connectivity index (χ3v) is 5.18. The second-order valence-corrected chi connectivity index (χ2v) is 7.55. The van der Waals surface area contributed by atoms with E-state index in [2.05, 4.69) is 9.71 Å². The van der Waals surface area contributed by atoms with Crippen LogP contribution in [-0.4, -0.2) is 38.8 Å². The van der Waals surface area contributed by atoms with Crippen LogP contribution in [0.15, 0.2) is 48.7 Å². The Kier molecular flexibility index (Phi) is 5.62. The van der Waals surface area contributed by atoms with Gasteiger partial charge in [0, 0.05) is 18.7 Å². The van der Waals surface area contributed by atoms with Crippen molar-refractivity contribution in [3.8, 4) is 5.88 Å². The van der Waals surface area contributed by atoms with Gasteiger partial charge in [0.15, 0.2) is 0 Å². The van der Waals surface area contributed by atoms with Crippen molar-refractivity contribution in [2.45, 2.75) is 24.3 Å². The molecule has 1 aromatic heterocycles. The van der Waals surface area contributed by atoms with Gasteiger partial charge in [0.1, 0.15) is 11.9 Å². The lowest BCUT2D eigenvalue weighted by Crippen LogP contribution is -2.52. The minimum atomic E-state index is -3.63. The first kappa shape index (κ1) is 17.8. The maximum Gasteiger partial charge on any atom is 0.216 e. The Morgan fingerprint density at radius 3 is 2.76 bits per heavy atom. The fourth-order valence-electron chi connectivity index (χ4n) is 2.61. The van der Waals surface area contributed by atoms with Crippen LogP contribution in [0, 0.1) is 5.82 Å². The molecule has 1 aliphatic heterocycles. The molecule has 134 valence electrons. The quantitative estimate of drug-likeness (QED) is 0.845. The van der Waals surface area contributed by atoms with E-state index in [1.54, 1.807) is 24.4 Å². The van der Waals surface area contributed by atoms with E-state index in [-0.39, 0.29) is 18.5 Å². The van der Waals surface area contributed by atoms with Gasteiger partial charge in [0.05, 0.1) is 25.0 Å². The summed E-state index contributed by atoms with van der Waals surface area (Å²) < 4.78 is 51.6. The van der Waals surface area contributed by atoms with E-state index in [1.165, 1.54) is 24.3 Å². The fraction of sp³-hybridized carbons (Fsp3) is 0.353. The summed E-state index contributed by atoms with van der Waals surface area (Å²) in [5.74, 6) is -0.198. The van der Waals surface area contributed by atoms with Crippen molar-refractivity contribution in [1.29, 1.82) is 0 Å². The molecular weight excluding hydrogens is 347 g/mol. The summed E-state index contributed by atoms with van der Waals surface area (Å²) in [5.41, 5.74) is 0.507. The predicted molar refractivity (Wildman–Crippen MR) is 90.0 cm³/mol. The molecule has 25 heavy (non-hydrogen) atoms. The highest BCUT2D eigenvalue weighted by atomic mass is 32.2. The molecule has 0 unspecified atom stereocenters. The summed E-state index contributed by atoms with van der Waals surface area (Å²) in [7, 11) is -3.63. The zero-order chi connectivity index (χ0) is 17.7. The van der Waals surface area contributed by atoms with Crippen LogP contribution in [0.5, 0.6) is 5.88 Å². The smallest absolute Gasteiger partial charge is 0.216 e. The molecule has 0 aliphatic carbocycles. The van der Waals surface area contributed by atoms with Crippen LogP contribution < -0.4 is 9.46 Å². The van der Waals surface area contributed by atoms with Gasteiger partial charge in [-0.15, -0.1) is 0 Å². The normalized spacial score (nSPS) is 21.0. The second-order valence-electron chi connectivity index (χ2n) is 5.80. The van der Waals surface area contributed by atoms with Crippen molar-refractivity contribution in [1.82, 2.24) is 9.71 Å². The van der Waals surface area contributed by atoms with Crippen LogP contribution in [0.25, 0.3) is 0 Å². The van der Waals surface area contributed by atoms with Gasteiger partial charge < -0.3 is 9.47 Å². The zero-order valence-corrected chi connectivity index (χ0v) is 14.3. The number of ether oxygens (including phenoxy) is 2. The second kappa shape index (κ2) is 7.90. The third kappa shape index (κ3) is 5.22. The monoisotopic (exact) mass is 366 g/mol. The third-order valence-electron chi connectivity index (χ3n) is 3.80. The zero-order valence-electron chi connectivity index (χ0n) is 13.5. The molecule has 0 saturated carbocycles. The maximum absolute atomic E-state index is 12.9. The van der Waals surface area contributed by atoms with Crippen LogP contribution in [-0.2, 0) is 20.5 Å². The molecule has 1 aliphatic rings. The van der Waals surface area contributed by atoms with E-state index in [1.807, 2.05) is 0 Å². The maximum atomic E-state index is 12.9. The molecule has 1 saturated heterocycles. The minimum Gasteiger partial charge on any atom is -0.472 e. The van der Waals surface area contributed by atoms with Gasteiger partial charge in [-0.3, -0.25) is 0 Å². The number of pyridine rings is 1. The fourth-order valence-corrected chi connectivity index (χ4v) is 4.01. The van der Waals surface area contributed by atoms with Crippen LogP contribution in [0.2, 0.25) is 0 Å². The number of nitrogens with one attached hydrogen (secondary N) is 1. The number of hydrogen-bond acceptors (Lipinski definition) is 5. The van der Waals surface area contributed by atoms with Crippen LogP contribution in [0.1, 0.15) is 12.0 Å². The van der Waals surface area contributed by atoms with E-state index in [4.69, 9.17) is 9.47 Å². The Bertz CT molecular complexity index is 784. The van der Waals surface area contributed by atoms with E-state index >= 15 is 0 Å². The summed E-state index contributed by atoms with van der Waals surface area (Å²) >= 11 is 0. The average Bonchev–Trinajstić information content (AvgIpc) is 2.59. The number of benzene rings is 1. The van der Waals surface area contributed by atoms with Gasteiger partial charge in [0.2, 0.25) is 15.9 Å². The molecule has 0 amide bonds. The first-order chi connectivity index (χ1) is 12.0. The molecule has 0 radical (unpaired) electrons. The first-order valence-corrected chi connectivity index (χ1v) is 9.57. The van der Waals surface area contributed by atoms with E-state index in [0.717, 1.165) is 0 Å². The van der Waals surface area contributed by atoms with Crippen molar-refractivity contribution in [3.05, 3.63) is 60.0 Å². The molecule has 0 bridgehead atoms. The van der Waals surface area contributed by atoms with Crippen molar-refractivity contribution in [2.75, 3.05) is 13.2 Å². The average molecular weight is 366 g/mol. The van der Waals surface area contributed by atoms with Gasteiger partial charge in [-0.05, 0) is 23.8 Å². The number of nitrogens with zero attached hydrogens (tertiary/aromatic N) is 1. The topological polar surface area (TPSA) is 77.5 Å². The first-order valence-electron chi connectivity index (χ1n) is 7.92. The molecule has 3 rings (SSSR count). The van der Waals surface area contributed by atoms with E-state index in [0.29, 0.717) is 24.5 Å². The van der Waals surface area contributed by atoms with Crippen molar-refractivity contribution < 1.29 is 22.3 Å².